The summed E-state index contributed by atoms with van der Waals surface area (Å²) in [6.45, 7) is 0.510. The van der Waals surface area contributed by atoms with Crippen LogP contribution in [0.1, 0.15) is 43.2 Å². The monoisotopic (exact) mass is 504 g/mol. The zero-order valence-electron chi connectivity index (χ0n) is 19.7. The predicted octanol–water partition coefficient (Wildman–Crippen LogP) is 4.91. The Morgan fingerprint density at radius 1 is 1.09 bits per heavy atom. The van der Waals surface area contributed by atoms with Crippen LogP contribution in [0.5, 0.6) is 0 Å². The lowest BCUT2D eigenvalue weighted by Gasteiger charge is -2.33. The number of nitrogens with zero attached hydrogens (tertiary/aromatic N) is 4. The highest BCUT2D eigenvalue weighted by Crippen LogP contribution is 2.34. The van der Waals surface area contributed by atoms with Gasteiger partial charge in [0.1, 0.15) is 15.8 Å². The predicted molar refractivity (Wildman–Crippen MR) is 147 cm³/mol. The summed E-state index contributed by atoms with van der Waals surface area (Å²) in [6.07, 6.45) is 9.89. The molecular formula is C27H28N4O2S2. The number of hydrogen-bond donors (Lipinski definition) is 0. The smallest absolute Gasteiger partial charge is 0.267 e. The van der Waals surface area contributed by atoms with Crippen molar-refractivity contribution in [2.24, 2.45) is 0 Å². The molecule has 8 heteroatoms. The highest BCUT2D eigenvalue weighted by atomic mass is 32.2. The number of hydrogen-bond acceptors (Lipinski definition) is 6. The number of carbonyl (C=O) groups excluding carboxylic acids is 1. The highest BCUT2D eigenvalue weighted by molar-refractivity contribution is 8.26. The molecular weight excluding hydrogens is 476 g/mol. The summed E-state index contributed by atoms with van der Waals surface area (Å²) in [5.41, 5.74) is 2.01. The number of benzene rings is 1. The van der Waals surface area contributed by atoms with Gasteiger partial charge in [-0.2, -0.15) is 0 Å². The van der Waals surface area contributed by atoms with Crippen LogP contribution in [0.15, 0.2) is 64.4 Å². The molecule has 5 rings (SSSR count). The molecule has 1 saturated carbocycles. The highest BCUT2D eigenvalue weighted by Gasteiger charge is 2.33. The molecule has 1 amide bonds. The zero-order chi connectivity index (χ0) is 24.4. The largest absolute Gasteiger partial charge is 0.356 e. The summed E-state index contributed by atoms with van der Waals surface area (Å²) in [5.74, 6) is 0.474. The number of fused-ring (bicyclic) bond motifs is 1. The summed E-state index contributed by atoms with van der Waals surface area (Å²) in [6, 6.07) is 15.9. The van der Waals surface area contributed by atoms with Crippen LogP contribution in [0.4, 0.5) is 5.82 Å². The van der Waals surface area contributed by atoms with Gasteiger partial charge in [-0.15, -0.1) is 0 Å². The molecule has 1 saturated heterocycles. The topological polar surface area (TPSA) is 57.9 Å². The van der Waals surface area contributed by atoms with E-state index in [4.69, 9.17) is 17.2 Å². The summed E-state index contributed by atoms with van der Waals surface area (Å²) in [4.78, 5) is 36.0. The van der Waals surface area contributed by atoms with Crippen molar-refractivity contribution in [1.29, 1.82) is 0 Å². The molecule has 0 N–H and O–H groups in total. The fourth-order valence-corrected chi connectivity index (χ4v) is 6.13. The van der Waals surface area contributed by atoms with Crippen LogP contribution in [0.25, 0.3) is 11.7 Å². The second-order valence-electron chi connectivity index (χ2n) is 9.05. The first-order valence-corrected chi connectivity index (χ1v) is 13.3. The van der Waals surface area contributed by atoms with Crippen LogP contribution >= 0.6 is 24.0 Å². The SMILES string of the molecule is CN(c1nc2ccccn2c(=O)c1/C=C1\SC(=S)N(CCc2ccccc2)C1=O)C1CCCCC1. The Balaban J connectivity index is 1.50. The number of pyridine rings is 1. The van der Waals surface area contributed by atoms with Gasteiger partial charge in [-0.1, -0.05) is 79.6 Å². The van der Waals surface area contributed by atoms with Crippen LogP contribution in [-0.2, 0) is 11.2 Å². The average Bonchev–Trinajstić information content (AvgIpc) is 3.16. The molecule has 1 aliphatic heterocycles. The average molecular weight is 505 g/mol. The third kappa shape index (κ3) is 4.90. The number of rotatable bonds is 6. The Hall–Kier alpha value is -2.97. The normalized spacial score (nSPS) is 18.1. The lowest BCUT2D eigenvalue weighted by Crippen LogP contribution is -2.36. The van der Waals surface area contributed by atoms with Crippen LogP contribution in [0, 0.1) is 0 Å². The maximum absolute atomic E-state index is 13.6. The van der Waals surface area contributed by atoms with Gasteiger partial charge in [0.25, 0.3) is 11.5 Å². The van der Waals surface area contributed by atoms with Crippen molar-refractivity contribution < 1.29 is 4.79 Å². The Kier molecular flexibility index (Phi) is 7.02. The van der Waals surface area contributed by atoms with Gasteiger partial charge in [-0.05, 0) is 43.0 Å². The van der Waals surface area contributed by atoms with E-state index >= 15 is 0 Å². The van der Waals surface area contributed by atoms with Gasteiger partial charge in [0.2, 0.25) is 0 Å². The number of amides is 1. The van der Waals surface area contributed by atoms with Crippen LogP contribution < -0.4 is 10.5 Å². The van der Waals surface area contributed by atoms with Crippen LogP contribution in [0.2, 0.25) is 0 Å². The van der Waals surface area contributed by atoms with Gasteiger partial charge in [-0.3, -0.25) is 18.9 Å². The van der Waals surface area contributed by atoms with Crippen molar-refractivity contribution in [3.63, 3.8) is 0 Å². The van der Waals surface area contributed by atoms with Crippen molar-refractivity contribution in [3.8, 4) is 0 Å². The number of anilines is 1. The first-order chi connectivity index (χ1) is 17.0. The van der Waals surface area contributed by atoms with Gasteiger partial charge in [-0.25, -0.2) is 4.98 Å². The summed E-state index contributed by atoms with van der Waals surface area (Å²) >= 11 is 6.80. The third-order valence-electron chi connectivity index (χ3n) is 6.82. The number of aromatic nitrogens is 2. The minimum Gasteiger partial charge on any atom is -0.356 e. The zero-order valence-corrected chi connectivity index (χ0v) is 21.4. The van der Waals surface area contributed by atoms with E-state index < -0.39 is 0 Å². The van der Waals surface area contributed by atoms with E-state index in [1.807, 2.05) is 55.6 Å². The van der Waals surface area contributed by atoms with Crippen molar-refractivity contribution in [2.75, 3.05) is 18.5 Å². The maximum atomic E-state index is 13.6. The molecule has 3 aromatic rings. The fraction of sp³-hybridized carbons (Fsp3) is 0.333. The van der Waals surface area contributed by atoms with Crippen LogP contribution in [0.3, 0.4) is 0 Å². The van der Waals surface area contributed by atoms with E-state index in [0.29, 0.717) is 38.8 Å². The molecule has 0 bridgehead atoms. The number of thioether (sulfide) groups is 1. The van der Waals surface area contributed by atoms with Gasteiger partial charge in [0.15, 0.2) is 0 Å². The number of thiocarbonyl (C=S) groups is 1. The maximum Gasteiger partial charge on any atom is 0.267 e. The van der Waals surface area contributed by atoms with E-state index in [-0.39, 0.29) is 11.5 Å². The third-order valence-corrected chi connectivity index (χ3v) is 8.20. The molecule has 1 aromatic carbocycles. The van der Waals surface area contributed by atoms with Crippen molar-refractivity contribution in [3.05, 3.63) is 81.1 Å². The van der Waals surface area contributed by atoms with Gasteiger partial charge in [0.05, 0.1) is 10.5 Å². The second-order valence-corrected chi connectivity index (χ2v) is 10.7. The van der Waals surface area contributed by atoms with Crippen molar-refractivity contribution in [2.45, 2.75) is 44.6 Å². The van der Waals surface area contributed by atoms with E-state index in [9.17, 15) is 9.59 Å². The molecule has 2 aliphatic rings. The first-order valence-electron chi connectivity index (χ1n) is 12.1. The lowest BCUT2D eigenvalue weighted by atomic mass is 9.94. The fourth-order valence-electron chi connectivity index (χ4n) is 4.84. The Morgan fingerprint density at radius 3 is 2.60 bits per heavy atom. The molecule has 1 aliphatic carbocycles. The van der Waals surface area contributed by atoms with Gasteiger partial charge >= 0.3 is 0 Å². The number of carbonyl (C=O) groups is 1. The summed E-state index contributed by atoms with van der Waals surface area (Å²) in [5, 5.41) is 0. The lowest BCUT2D eigenvalue weighted by molar-refractivity contribution is -0.122. The molecule has 180 valence electrons. The second kappa shape index (κ2) is 10.3. The minimum atomic E-state index is -0.178. The molecule has 0 unspecified atom stereocenters. The molecule has 2 aromatic heterocycles. The first kappa shape index (κ1) is 23.8. The van der Waals surface area contributed by atoms with Gasteiger partial charge in [0, 0.05) is 25.8 Å². The summed E-state index contributed by atoms with van der Waals surface area (Å²) < 4.78 is 2.06. The Labute approximate surface area is 214 Å². The molecule has 0 atom stereocenters. The molecule has 2 fully saturated rings. The summed E-state index contributed by atoms with van der Waals surface area (Å²) in [7, 11) is 2.01. The quantitative estimate of drug-likeness (QED) is 0.351. The van der Waals surface area contributed by atoms with Crippen molar-refractivity contribution >= 4 is 51.7 Å². The molecule has 35 heavy (non-hydrogen) atoms. The van der Waals surface area contributed by atoms with Crippen molar-refractivity contribution in [1.82, 2.24) is 14.3 Å². The van der Waals surface area contributed by atoms with E-state index in [2.05, 4.69) is 4.90 Å². The van der Waals surface area contributed by atoms with Crippen LogP contribution in [-0.4, -0.2) is 44.1 Å². The molecule has 6 nitrogen and oxygen atoms in total. The molecule has 0 spiro atoms. The van der Waals surface area contributed by atoms with Gasteiger partial charge < -0.3 is 4.90 Å². The molecule has 3 heterocycles. The Bertz CT molecular complexity index is 1350. The molecule has 0 radical (unpaired) electrons. The van der Waals surface area contributed by atoms with E-state index in [1.54, 1.807) is 21.6 Å². The van der Waals surface area contributed by atoms with E-state index in [0.717, 1.165) is 24.8 Å². The minimum absolute atomic E-state index is 0.153. The van der Waals surface area contributed by atoms with E-state index in [1.165, 1.54) is 31.0 Å². The standard InChI is InChI=1S/C27H28N4O2S2/c1-29(20-12-6-3-7-13-20)24-21(25(32)30-16-9-8-14-23(30)28-24)18-22-26(33)31(27(34)35-22)17-15-19-10-4-2-5-11-19/h2,4-5,8-11,14,16,18,20H,3,6-7,12-13,15,17H2,1H3/b22-18-. The Morgan fingerprint density at radius 2 is 1.83 bits per heavy atom.